The maximum atomic E-state index is 13.6. The van der Waals surface area contributed by atoms with Crippen molar-refractivity contribution in [3.05, 3.63) is 57.7 Å². The molecule has 3 amide bonds. The van der Waals surface area contributed by atoms with Gasteiger partial charge in [0.1, 0.15) is 23.5 Å². The first-order valence-corrected chi connectivity index (χ1v) is 13.2. The summed E-state index contributed by atoms with van der Waals surface area (Å²) in [6, 6.07) is 6.60. The topological polar surface area (TPSA) is 127 Å². The fourth-order valence-electron chi connectivity index (χ4n) is 3.71. The third-order valence-electron chi connectivity index (χ3n) is 5.92. The van der Waals surface area contributed by atoms with Gasteiger partial charge in [-0.05, 0) is 56.0 Å². The molecular weight excluding hydrogens is 529 g/mol. The van der Waals surface area contributed by atoms with Crippen molar-refractivity contribution in [3.8, 4) is 0 Å². The summed E-state index contributed by atoms with van der Waals surface area (Å²) >= 11 is 12.2. The average molecular weight is 567 g/mol. The Hall–Kier alpha value is -3.04. The monoisotopic (exact) mass is 565 g/mol. The minimum atomic E-state index is -0.958. The number of pyridine rings is 1. The van der Waals surface area contributed by atoms with E-state index in [0.29, 0.717) is 27.8 Å². The summed E-state index contributed by atoms with van der Waals surface area (Å²) < 4.78 is 5.48. The van der Waals surface area contributed by atoms with Crippen molar-refractivity contribution >= 4 is 46.9 Å². The van der Waals surface area contributed by atoms with Gasteiger partial charge in [0.2, 0.25) is 11.8 Å². The quantitative estimate of drug-likeness (QED) is 0.386. The van der Waals surface area contributed by atoms with Crippen LogP contribution in [0.15, 0.2) is 36.5 Å². The second-order valence-corrected chi connectivity index (χ2v) is 11.1. The van der Waals surface area contributed by atoms with Crippen LogP contribution in [0.3, 0.4) is 0 Å². The molecule has 0 aliphatic carbocycles. The van der Waals surface area contributed by atoms with Crippen molar-refractivity contribution in [1.29, 1.82) is 0 Å². The van der Waals surface area contributed by atoms with Crippen LogP contribution in [-0.4, -0.2) is 52.5 Å². The Morgan fingerprint density at radius 2 is 1.74 bits per heavy atom. The van der Waals surface area contributed by atoms with Crippen LogP contribution >= 0.6 is 23.2 Å². The molecule has 0 saturated heterocycles. The highest BCUT2D eigenvalue weighted by Crippen LogP contribution is 2.24. The van der Waals surface area contributed by atoms with Gasteiger partial charge in [0.05, 0.1) is 10.0 Å². The Kier molecular flexibility index (Phi) is 11.2. The van der Waals surface area contributed by atoms with Crippen molar-refractivity contribution in [2.24, 2.45) is 5.92 Å². The summed E-state index contributed by atoms with van der Waals surface area (Å²) in [5, 5.41) is 6.40. The second-order valence-electron chi connectivity index (χ2n) is 10.2. The molecule has 1 aromatic heterocycles. The van der Waals surface area contributed by atoms with Crippen molar-refractivity contribution < 1.29 is 19.1 Å². The van der Waals surface area contributed by atoms with Gasteiger partial charge in [-0.2, -0.15) is 0 Å². The summed E-state index contributed by atoms with van der Waals surface area (Å²) in [5.41, 5.74) is 6.36. The van der Waals surface area contributed by atoms with Gasteiger partial charge in [0.15, 0.2) is 0 Å². The van der Waals surface area contributed by atoms with Crippen molar-refractivity contribution in [2.75, 3.05) is 12.8 Å². The molecule has 2 rings (SSSR count). The van der Waals surface area contributed by atoms with Gasteiger partial charge in [-0.15, -0.1) is 0 Å². The largest absolute Gasteiger partial charge is 0.444 e. The molecular formula is C27H37Cl2N5O4. The molecule has 0 aliphatic rings. The molecule has 1 aromatic carbocycles. The number of hydrogen-bond acceptors (Lipinski definition) is 6. The van der Waals surface area contributed by atoms with Crippen LogP contribution in [0.25, 0.3) is 0 Å². The third-order valence-corrected chi connectivity index (χ3v) is 6.66. The molecule has 208 valence electrons. The zero-order chi connectivity index (χ0) is 28.6. The van der Waals surface area contributed by atoms with Gasteiger partial charge in [0.25, 0.3) is 0 Å². The predicted molar refractivity (Wildman–Crippen MR) is 150 cm³/mol. The average Bonchev–Trinajstić information content (AvgIpc) is 2.84. The fraction of sp³-hybridized carbons (Fsp3) is 0.481. The van der Waals surface area contributed by atoms with E-state index >= 15 is 0 Å². The van der Waals surface area contributed by atoms with E-state index < -0.39 is 35.6 Å². The molecule has 0 radical (unpaired) electrons. The Morgan fingerprint density at radius 3 is 2.29 bits per heavy atom. The Bertz CT molecular complexity index is 1120. The summed E-state index contributed by atoms with van der Waals surface area (Å²) in [4.78, 5) is 45.0. The fourth-order valence-corrected chi connectivity index (χ4v) is 4.03. The van der Waals surface area contributed by atoms with Crippen molar-refractivity contribution in [3.63, 3.8) is 0 Å². The van der Waals surface area contributed by atoms with Crippen LogP contribution in [0.2, 0.25) is 10.0 Å². The third kappa shape index (κ3) is 9.36. The van der Waals surface area contributed by atoms with Gasteiger partial charge >= 0.3 is 6.09 Å². The molecule has 2 unspecified atom stereocenters. The number of ether oxygens (including phenoxy) is 1. The van der Waals surface area contributed by atoms with E-state index in [1.165, 1.54) is 11.9 Å². The van der Waals surface area contributed by atoms with Crippen LogP contribution in [0.1, 0.15) is 52.2 Å². The normalized spacial score (nSPS) is 13.7. The van der Waals surface area contributed by atoms with Crippen LogP contribution in [0.4, 0.5) is 10.6 Å². The number of carbonyl (C=O) groups excluding carboxylic acids is 3. The summed E-state index contributed by atoms with van der Waals surface area (Å²) in [7, 11) is 1.52. The van der Waals surface area contributed by atoms with Crippen LogP contribution < -0.4 is 16.4 Å². The van der Waals surface area contributed by atoms with Crippen LogP contribution in [0.5, 0.6) is 0 Å². The van der Waals surface area contributed by atoms with E-state index in [4.69, 9.17) is 33.7 Å². The molecule has 0 aliphatic heterocycles. The van der Waals surface area contributed by atoms with E-state index in [1.807, 2.05) is 13.8 Å². The molecule has 4 N–H and O–H groups in total. The number of carbonyl (C=O) groups is 3. The zero-order valence-electron chi connectivity index (χ0n) is 22.7. The van der Waals surface area contributed by atoms with Crippen LogP contribution in [0, 0.1) is 5.92 Å². The Balaban J connectivity index is 2.29. The lowest BCUT2D eigenvalue weighted by atomic mass is 9.96. The number of likely N-dealkylation sites (N-methyl/N-ethyl adjacent to an activating group) is 1. The Morgan fingerprint density at radius 1 is 1.08 bits per heavy atom. The summed E-state index contributed by atoms with van der Waals surface area (Å²) in [6.45, 7) is 9.25. The SMILES string of the molecule is CCC(C)C(C(=O)N[C@@H](Cc1ccc(Cl)c(Cl)c1)C(=O)NCc1ccc(N)nc1)N(C)C(=O)OC(C)(C)C. The van der Waals surface area contributed by atoms with E-state index in [1.54, 1.807) is 57.3 Å². The number of aromatic nitrogens is 1. The maximum Gasteiger partial charge on any atom is 0.410 e. The molecule has 2 aromatic rings. The van der Waals surface area contributed by atoms with Gasteiger partial charge in [-0.25, -0.2) is 9.78 Å². The first-order valence-electron chi connectivity index (χ1n) is 12.4. The summed E-state index contributed by atoms with van der Waals surface area (Å²) in [5.74, 6) is -0.719. The highest BCUT2D eigenvalue weighted by Gasteiger charge is 2.35. The second kappa shape index (κ2) is 13.7. The predicted octanol–water partition coefficient (Wildman–Crippen LogP) is 4.60. The number of nitrogens with two attached hydrogens (primary N) is 1. The van der Waals surface area contributed by atoms with E-state index in [0.717, 1.165) is 5.56 Å². The number of hydrogen-bond donors (Lipinski definition) is 3. The lowest BCUT2D eigenvalue weighted by Gasteiger charge is -2.34. The van der Waals surface area contributed by atoms with Gasteiger partial charge < -0.3 is 21.1 Å². The number of rotatable bonds is 10. The van der Waals surface area contributed by atoms with Gasteiger partial charge in [-0.3, -0.25) is 14.5 Å². The van der Waals surface area contributed by atoms with Crippen LogP contribution in [-0.2, 0) is 27.3 Å². The van der Waals surface area contributed by atoms with E-state index in [2.05, 4.69) is 15.6 Å². The minimum absolute atomic E-state index is 0.151. The number of anilines is 1. The summed E-state index contributed by atoms with van der Waals surface area (Å²) in [6.07, 6.45) is 1.72. The smallest absolute Gasteiger partial charge is 0.410 e. The molecule has 0 bridgehead atoms. The lowest BCUT2D eigenvalue weighted by Crippen LogP contribution is -2.57. The van der Waals surface area contributed by atoms with E-state index in [9.17, 15) is 14.4 Å². The standard InChI is InChI=1S/C27H37Cl2N5O4/c1-7-16(2)23(34(6)26(37)38-27(3,4)5)25(36)33-21(13-17-8-10-19(28)20(29)12-17)24(35)32-15-18-9-11-22(30)31-14-18/h8-12,14,16,21,23H,7,13,15H2,1-6H3,(H2,30,31)(H,32,35)(H,33,36)/t16?,21-,23?/m0/s1. The molecule has 11 heteroatoms. The van der Waals surface area contributed by atoms with E-state index in [-0.39, 0.29) is 18.9 Å². The molecule has 3 atom stereocenters. The minimum Gasteiger partial charge on any atom is -0.444 e. The van der Waals surface area contributed by atoms with Crippen molar-refractivity contribution in [2.45, 2.75) is 71.7 Å². The number of benzene rings is 1. The first-order chi connectivity index (χ1) is 17.7. The number of nitrogen functional groups attached to an aromatic ring is 1. The number of nitrogens with one attached hydrogen (secondary N) is 2. The molecule has 0 saturated carbocycles. The highest BCUT2D eigenvalue weighted by atomic mass is 35.5. The molecule has 0 spiro atoms. The van der Waals surface area contributed by atoms with Gasteiger partial charge in [-0.1, -0.05) is 55.6 Å². The zero-order valence-corrected chi connectivity index (χ0v) is 24.2. The maximum absolute atomic E-state index is 13.6. The number of halogens is 2. The molecule has 0 fully saturated rings. The highest BCUT2D eigenvalue weighted by molar-refractivity contribution is 6.42. The first kappa shape index (κ1) is 31.2. The molecule has 1 heterocycles. The lowest BCUT2D eigenvalue weighted by molar-refractivity contribution is -0.132. The molecule has 9 nitrogen and oxygen atoms in total. The number of nitrogens with zero attached hydrogens (tertiary/aromatic N) is 2. The van der Waals surface area contributed by atoms with Crippen molar-refractivity contribution in [1.82, 2.24) is 20.5 Å². The Labute approximate surface area is 234 Å². The van der Waals surface area contributed by atoms with Gasteiger partial charge in [0, 0.05) is 26.2 Å². The number of amides is 3. The molecule has 38 heavy (non-hydrogen) atoms.